The number of hydrogen-bond acceptors (Lipinski definition) is 22. The van der Waals surface area contributed by atoms with E-state index in [1.54, 1.807) is 84.1 Å². The van der Waals surface area contributed by atoms with Gasteiger partial charge in [0.1, 0.15) is 60.1 Å². The third kappa shape index (κ3) is 30.7. The van der Waals surface area contributed by atoms with Gasteiger partial charge in [0.25, 0.3) is 5.91 Å². The number of fused-ring (bicyclic) bond motifs is 3. The summed E-state index contributed by atoms with van der Waals surface area (Å²) in [6.45, 7) is 6.61. The quantitative estimate of drug-likeness (QED) is 0.0188. The highest BCUT2D eigenvalue weighted by Gasteiger charge is 2.38. The molecule has 1 aliphatic carbocycles. The van der Waals surface area contributed by atoms with Crippen molar-refractivity contribution in [2.45, 2.75) is 178 Å². The monoisotopic (exact) mass is 1750 g/mol. The first-order valence-corrected chi connectivity index (χ1v) is 42.4. The van der Waals surface area contributed by atoms with E-state index in [0.717, 1.165) is 59.7 Å². The fourth-order valence-corrected chi connectivity index (χ4v) is 14.3. The number of likely N-dealkylation sites (N-methyl/N-ethyl adjacent to an activating group) is 1. The summed E-state index contributed by atoms with van der Waals surface area (Å²) in [4.78, 5) is 207. The Morgan fingerprint density at radius 2 is 1.18 bits per heavy atom. The Bertz CT molecular complexity index is 5150. The predicted molar refractivity (Wildman–Crippen MR) is 458 cm³/mol. The molecule has 0 saturated carbocycles. The number of aliphatic carboxylic acids is 2. The van der Waals surface area contributed by atoms with Crippen LogP contribution in [0.25, 0.3) is 21.8 Å². The number of rotatable bonds is 41. The number of aryl methyl sites for hydroxylation is 2. The van der Waals surface area contributed by atoms with Crippen molar-refractivity contribution in [2.75, 3.05) is 35.7 Å². The van der Waals surface area contributed by atoms with Gasteiger partial charge < -0.3 is 99.8 Å². The molecule has 0 radical (unpaired) electrons. The maximum atomic E-state index is 14.5. The molecule has 7 aromatic rings. The molecule has 1 aliphatic heterocycles. The van der Waals surface area contributed by atoms with E-state index in [-0.39, 0.29) is 49.3 Å². The van der Waals surface area contributed by atoms with Gasteiger partial charge in [-0.25, -0.2) is 0 Å². The number of carbonyl (C=O) groups is 15. The molecular weight excluding hydrogens is 1650 g/mol. The predicted octanol–water partition coefficient (Wildman–Crippen LogP) is 1.10. The van der Waals surface area contributed by atoms with Crippen LogP contribution >= 0.6 is 11.8 Å². The van der Waals surface area contributed by atoms with Crippen LogP contribution in [0, 0.1) is 6.92 Å². The number of nitrogens with zero attached hydrogens (tertiary/aromatic N) is 2. The van der Waals surface area contributed by atoms with E-state index in [0.29, 0.717) is 28.6 Å². The Morgan fingerprint density at radius 1 is 0.637 bits per heavy atom. The summed E-state index contributed by atoms with van der Waals surface area (Å²) in [5, 5.41) is 55.7. The number of allylic oxidation sites excluding steroid dienone is 1. The summed E-state index contributed by atoms with van der Waals surface area (Å²) in [6, 6.07) is 20.8. The molecule has 2 aromatic heterocycles. The molecule has 1 fully saturated rings. The van der Waals surface area contributed by atoms with Crippen molar-refractivity contribution in [1.82, 2.24) is 63.1 Å². The Labute approximate surface area is 718 Å². The van der Waals surface area contributed by atoms with Crippen molar-refractivity contribution in [1.29, 1.82) is 0 Å². The minimum absolute atomic E-state index is 0.0226. The standard InChI is InChI=1S/C58H73N13O21S2.C13H14N2.C13H17NO/c1-29(72)49(71-57(87)40(23-31-12-14-33(15-13-31)92-94(89,90)91)68-56(86)43(26-48(78)79)69-52(82)37(16-18-44(59)73)65-51(81)36-17-19-45(74)63-36)58(88)62-28-46(75)64-41(24-32-27-61-35-11-7-6-10-34(32)35)54(84)66-38(20-21-93-2)53(83)70-42(25-47(76)77)55(85)67-39(50(60)80)22-30-8-4-3-5-9-30;14-13-9-5-1-3-7-11(9)15-12-8-4-2-6-10(12)13;1-4-8-13(15)14(5-2)12-10-7-6-9-11(12)3/h3-15,27,29,36-43,49,61,72H,16-26,28H2,1-2H3,(H2,59,73)(H2,60,80)(H,62,88)(H,63,74)(H,64,75)(H,65,81)(H,66,84)(H,67,85)(H,68,86)(H,69,82)(H,70,83)(H,71,87)(H,76,77)(H,78,79)(H,89,90,91);1,3,5,7H,2,4,6,8H2,(H2,14,15);4,6-10H,5H2,1-3H3/b;;8-4+/t29-,36+,37+,38+,39+,40+,41+,42+,43+,49+;;/m1../s1. The fourth-order valence-electron chi connectivity index (χ4n) is 13.5. The Hall–Kier alpha value is -13.3. The topological polar surface area (TPSA) is 611 Å². The first-order valence-electron chi connectivity index (χ1n) is 39.6. The molecule has 9 rings (SSSR count). The lowest BCUT2D eigenvalue weighted by molar-refractivity contribution is -0.142. The minimum atomic E-state index is -5.02. The molecule has 13 amide bonds. The lowest BCUT2D eigenvalue weighted by atomic mass is 9.93. The average Bonchev–Trinajstić information content (AvgIpc) is 1.02. The molecule has 1 saturated heterocycles. The Balaban J connectivity index is 0.000000579. The third-order valence-electron chi connectivity index (χ3n) is 19.8. The van der Waals surface area contributed by atoms with Crippen molar-refractivity contribution < 1.29 is 104 Å². The maximum absolute atomic E-state index is 14.5. The summed E-state index contributed by atoms with van der Waals surface area (Å²) < 4.78 is 36.4. The average molecular weight is 1750 g/mol. The van der Waals surface area contributed by atoms with Gasteiger partial charge in [0.2, 0.25) is 70.9 Å². The number of H-pyrrole nitrogens is 1. The number of hydrogen-bond donors (Lipinski definition) is 18. The van der Waals surface area contributed by atoms with E-state index in [4.69, 9.17) is 26.7 Å². The molecule has 21 N–H and O–H groups in total. The second-order valence-corrected chi connectivity index (χ2v) is 31.1. The first kappa shape index (κ1) is 97.8. The van der Waals surface area contributed by atoms with E-state index >= 15 is 0 Å². The van der Waals surface area contributed by atoms with Crippen molar-refractivity contribution >= 4 is 144 Å². The number of carbonyl (C=O) groups excluding carboxylic acids is 13. The zero-order chi connectivity index (χ0) is 90.9. The molecule has 0 unspecified atom stereocenters. The highest BCUT2D eigenvalue weighted by atomic mass is 32.3. The summed E-state index contributed by atoms with van der Waals surface area (Å²) in [6.07, 6.45) is 5.32. The van der Waals surface area contributed by atoms with Crippen LogP contribution in [0.1, 0.15) is 112 Å². The molecule has 40 heteroatoms. The number of aromatic amines is 1. The van der Waals surface area contributed by atoms with Crippen LogP contribution in [0.3, 0.4) is 0 Å². The second-order valence-electron chi connectivity index (χ2n) is 29.1. The van der Waals surface area contributed by atoms with Gasteiger partial charge in [-0.1, -0.05) is 103 Å². The maximum Gasteiger partial charge on any atom is 0.446 e. The number of para-hydroxylation sites is 3. The van der Waals surface area contributed by atoms with Crippen molar-refractivity contribution in [3.05, 3.63) is 179 Å². The van der Waals surface area contributed by atoms with Crippen LogP contribution in [0.2, 0.25) is 0 Å². The molecule has 10 atom stereocenters. The number of thioether (sulfide) groups is 1. The van der Waals surface area contributed by atoms with E-state index in [2.05, 4.69) is 68.4 Å². The number of aromatic nitrogens is 2. The number of primary amides is 2. The van der Waals surface area contributed by atoms with Gasteiger partial charge in [0, 0.05) is 78.2 Å². The SMILES string of the molecule is C/C=C/C(=O)N(CC)c1ccccc1C.CSCC[C@H](NC(=O)[C@H](Cc1c[nH]c2ccccc12)NC(=O)CNC(=O)[C@@H](NC(=O)[C@H](Cc1ccc(OS(=O)(=O)O)cc1)NC(=O)[C@H](CC(=O)O)NC(=O)[C@H](CCC(N)=O)NC(=O)[C@@H]1CCC(=O)N1)[C@@H](C)O)C(=O)N[C@@H](CC(=O)O)C(=O)N[C@@H](Cc1ccccc1)C(N)=O.Nc1c2c(nc3ccccc13)CCCC2. The number of nitrogen functional groups attached to an aromatic ring is 1. The lowest BCUT2D eigenvalue weighted by Crippen LogP contribution is -2.61. The lowest BCUT2D eigenvalue weighted by Gasteiger charge is -2.27. The van der Waals surface area contributed by atoms with Crippen LogP contribution in [0.15, 0.2) is 146 Å². The number of carboxylic acids is 2. The number of nitrogens with two attached hydrogens (primary N) is 3. The number of aliphatic hydroxyl groups excluding tert-OH is 1. The molecule has 0 spiro atoms. The third-order valence-corrected chi connectivity index (χ3v) is 20.8. The molecule has 0 bridgehead atoms. The molecular formula is C84H104N16O22S2. The largest absolute Gasteiger partial charge is 0.481 e. The zero-order valence-corrected chi connectivity index (χ0v) is 70.4. The van der Waals surface area contributed by atoms with Crippen LogP contribution in [0.5, 0.6) is 5.75 Å². The number of aliphatic hydroxyl groups is 1. The van der Waals surface area contributed by atoms with Gasteiger partial charge in [0.05, 0.1) is 31.0 Å². The van der Waals surface area contributed by atoms with Gasteiger partial charge in [-0.05, 0) is 149 Å². The highest BCUT2D eigenvalue weighted by Crippen LogP contribution is 2.31. The van der Waals surface area contributed by atoms with Gasteiger partial charge in [-0.2, -0.15) is 20.2 Å². The number of pyridine rings is 1. The van der Waals surface area contributed by atoms with E-state index in [9.17, 15) is 95.7 Å². The van der Waals surface area contributed by atoms with Crippen molar-refractivity contribution in [3.63, 3.8) is 0 Å². The van der Waals surface area contributed by atoms with Crippen molar-refractivity contribution in [3.8, 4) is 5.75 Å². The molecule has 38 nitrogen and oxygen atoms in total. The number of benzene rings is 5. The molecule has 664 valence electrons. The number of nitrogens with one attached hydrogen (secondary N) is 11. The normalized spacial score (nSPS) is 15.0. The smallest absolute Gasteiger partial charge is 0.446 e. The van der Waals surface area contributed by atoms with Crippen LogP contribution in [-0.2, 0) is 114 Å². The summed E-state index contributed by atoms with van der Waals surface area (Å²) in [7, 11) is -5.02. The van der Waals surface area contributed by atoms with Gasteiger partial charge in [-0.15, -0.1) is 0 Å². The van der Waals surface area contributed by atoms with Crippen molar-refractivity contribution in [2.24, 2.45) is 11.5 Å². The van der Waals surface area contributed by atoms with Gasteiger partial charge in [0.15, 0.2) is 0 Å². The van der Waals surface area contributed by atoms with Crippen LogP contribution in [0.4, 0.5) is 11.4 Å². The van der Waals surface area contributed by atoms with E-state index in [1.165, 1.54) is 48.0 Å². The van der Waals surface area contributed by atoms with E-state index in [1.807, 2.05) is 63.2 Å². The van der Waals surface area contributed by atoms with Crippen LogP contribution in [-0.4, -0.2) is 213 Å². The number of carboxylic acid groups (broad SMARTS) is 2. The van der Waals surface area contributed by atoms with Crippen LogP contribution < -0.4 is 79.5 Å². The van der Waals surface area contributed by atoms with Gasteiger partial charge >= 0.3 is 22.3 Å². The number of amides is 13. The Kier molecular flexibility index (Phi) is 37.7. The number of anilines is 2. The molecule has 3 heterocycles. The second kappa shape index (κ2) is 47.8. The molecule has 2 aliphatic rings. The molecule has 124 heavy (non-hydrogen) atoms. The summed E-state index contributed by atoms with van der Waals surface area (Å²) >= 11 is 1.26. The Morgan fingerprint density at radius 3 is 1.77 bits per heavy atom. The minimum Gasteiger partial charge on any atom is -0.481 e. The van der Waals surface area contributed by atoms with Gasteiger partial charge in [-0.3, -0.25) is 81.5 Å². The van der Waals surface area contributed by atoms with E-state index < -0.39 is 198 Å². The first-order chi connectivity index (χ1) is 58.9. The highest BCUT2D eigenvalue weighted by molar-refractivity contribution is 7.98. The molecule has 5 aromatic carbocycles. The fraction of sp³-hybridized carbons (Fsp3) is 0.381. The summed E-state index contributed by atoms with van der Waals surface area (Å²) in [5.41, 5.74) is 25.5. The zero-order valence-electron chi connectivity index (χ0n) is 68.7. The summed E-state index contributed by atoms with van der Waals surface area (Å²) in [5.74, 6) is -15.9.